The van der Waals surface area contributed by atoms with Crippen molar-refractivity contribution in [2.24, 2.45) is 0 Å². The number of amides is 1. The Kier molecular flexibility index (Phi) is 4.51. The molecule has 0 aliphatic rings. The Bertz CT molecular complexity index is 152. The number of ether oxygens (including phenoxy) is 1. The molecular weight excluding hydrogens is 154 g/mol. The summed E-state index contributed by atoms with van der Waals surface area (Å²) >= 11 is 5.46. The van der Waals surface area contributed by atoms with E-state index in [2.05, 4.69) is 16.0 Å². The maximum absolute atomic E-state index is 10.4. The standard InChI is InChI=1S/C6H8ClNO2/c1-3-5(7)4-8-6(9)10-2/h1,5H,4H2,2H3,(H,8,9). The molecule has 0 aliphatic carbocycles. The Labute approximate surface area is 64.7 Å². The number of halogens is 1. The molecule has 0 saturated carbocycles. The van der Waals surface area contributed by atoms with Crippen LogP contribution in [0.2, 0.25) is 0 Å². The van der Waals surface area contributed by atoms with Gasteiger partial charge in [-0.1, -0.05) is 5.92 Å². The second kappa shape index (κ2) is 4.95. The van der Waals surface area contributed by atoms with Gasteiger partial charge in [0.05, 0.1) is 7.11 Å². The van der Waals surface area contributed by atoms with Crippen molar-refractivity contribution in [1.29, 1.82) is 0 Å². The Hall–Kier alpha value is -0.880. The molecule has 10 heavy (non-hydrogen) atoms. The average molecular weight is 162 g/mol. The van der Waals surface area contributed by atoms with Crippen LogP contribution in [-0.4, -0.2) is 25.1 Å². The van der Waals surface area contributed by atoms with Crippen molar-refractivity contribution in [3.63, 3.8) is 0 Å². The van der Waals surface area contributed by atoms with E-state index in [1.165, 1.54) is 7.11 Å². The molecule has 4 heteroatoms. The second-order valence-electron chi connectivity index (χ2n) is 1.51. The van der Waals surface area contributed by atoms with Crippen molar-refractivity contribution in [3.8, 4) is 12.3 Å². The van der Waals surface area contributed by atoms with Gasteiger partial charge in [-0.15, -0.1) is 18.0 Å². The molecule has 0 aromatic rings. The summed E-state index contributed by atoms with van der Waals surface area (Å²) in [6, 6.07) is 0. The number of alkyl carbamates (subject to hydrolysis) is 1. The molecule has 3 nitrogen and oxygen atoms in total. The van der Waals surface area contributed by atoms with Crippen LogP contribution >= 0.6 is 11.6 Å². The SMILES string of the molecule is C#CC(Cl)CNC(=O)OC. The van der Waals surface area contributed by atoms with Crippen LogP contribution in [0.1, 0.15) is 0 Å². The lowest BCUT2D eigenvalue weighted by Gasteiger charge is -2.02. The first-order valence-electron chi connectivity index (χ1n) is 2.62. The molecular formula is C6H8ClNO2. The van der Waals surface area contributed by atoms with Gasteiger partial charge in [0.25, 0.3) is 0 Å². The van der Waals surface area contributed by atoms with Crippen LogP contribution in [0.3, 0.4) is 0 Å². The first-order valence-corrected chi connectivity index (χ1v) is 3.06. The number of nitrogens with one attached hydrogen (secondary N) is 1. The summed E-state index contributed by atoms with van der Waals surface area (Å²) in [5.74, 6) is 2.24. The summed E-state index contributed by atoms with van der Waals surface area (Å²) in [7, 11) is 1.27. The third-order valence-electron chi connectivity index (χ3n) is 0.792. The lowest BCUT2D eigenvalue weighted by Crippen LogP contribution is -2.28. The minimum atomic E-state index is -0.527. The summed E-state index contributed by atoms with van der Waals surface area (Å²) in [6.07, 6.45) is 4.40. The molecule has 0 radical (unpaired) electrons. The van der Waals surface area contributed by atoms with Gasteiger partial charge >= 0.3 is 6.09 Å². The number of hydrogen-bond donors (Lipinski definition) is 1. The molecule has 0 aliphatic heterocycles. The predicted octanol–water partition coefficient (Wildman–Crippen LogP) is 0.583. The van der Waals surface area contributed by atoms with Crippen molar-refractivity contribution in [2.45, 2.75) is 5.38 Å². The van der Waals surface area contributed by atoms with E-state index in [0.29, 0.717) is 0 Å². The summed E-state index contributed by atoms with van der Waals surface area (Å²) in [5, 5.41) is 1.87. The highest BCUT2D eigenvalue weighted by Gasteiger charge is 2.01. The fourth-order valence-electron chi connectivity index (χ4n) is 0.304. The van der Waals surface area contributed by atoms with Gasteiger partial charge in [0.1, 0.15) is 5.38 Å². The molecule has 1 amide bonds. The van der Waals surface area contributed by atoms with Gasteiger partial charge in [0.15, 0.2) is 0 Å². The highest BCUT2D eigenvalue weighted by molar-refractivity contribution is 6.22. The molecule has 0 saturated heterocycles. The van der Waals surface area contributed by atoms with Crippen molar-refractivity contribution >= 4 is 17.7 Å². The number of hydrogen-bond acceptors (Lipinski definition) is 2. The zero-order valence-electron chi connectivity index (χ0n) is 5.56. The zero-order valence-corrected chi connectivity index (χ0v) is 6.31. The molecule has 0 bridgehead atoms. The highest BCUT2D eigenvalue weighted by atomic mass is 35.5. The number of carbonyl (C=O) groups excluding carboxylic acids is 1. The summed E-state index contributed by atoms with van der Waals surface area (Å²) in [4.78, 5) is 10.4. The van der Waals surface area contributed by atoms with Crippen LogP contribution in [0, 0.1) is 12.3 Å². The first-order chi connectivity index (χ1) is 4.70. The van der Waals surface area contributed by atoms with Crippen molar-refractivity contribution < 1.29 is 9.53 Å². The Morgan fingerprint density at radius 1 is 2.00 bits per heavy atom. The van der Waals surface area contributed by atoms with Gasteiger partial charge in [-0.2, -0.15) is 0 Å². The quantitative estimate of drug-likeness (QED) is 0.476. The Morgan fingerprint density at radius 2 is 2.60 bits per heavy atom. The van der Waals surface area contributed by atoms with Crippen molar-refractivity contribution in [1.82, 2.24) is 5.32 Å². The first kappa shape index (κ1) is 9.12. The zero-order chi connectivity index (χ0) is 7.98. The topological polar surface area (TPSA) is 38.3 Å². The minimum absolute atomic E-state index is 0.227. The summed E-state index contributed by atoms with van der Waals surface area (Å²) in [5.41, 5.74) is 0. The van der Waals surface area contributed by atoms with E-state index in [-0.39, 0.29) is 6.54 Å². The lowest BCUT2D eigenvalue weighted by molar-refractivity contribution is 0.171. The largest absolute Gasteiger partial charge is 0.453 e. The average Bonchev–Trinajstić information content (AvgIpc) is 1.99. The van der Waals surface area contributed by atoms with E-state index in [9.17, 15) is 4.79 Å². The van der Waals surface area contributed by atoms with E-state index in [1.54, 1.807) is 0 Å². The van der Waals surface area contributed by atoms with E-state index in [0.717, 1.165) is 0 Å². The molecule has 1 atom stereocenters. The van der Waals surface area contributed by atoms with Crippen LogP contribution in [0.15, 0.2) is 0 Å². The van der Waals surface area contributed by atoms with Gasteiger partial charge in [-0.05, 0) is 0 Å². The fourth-order valence-corrected chi connectivity index (χ4v) is 0.381. The van der Waals surface area contributed by atoms with Crippen LogP contribution in [-0.2, 0) is 4.74 Å². The molecule has 0 fully saturated rings. The lowest BCUT2D eigenvalue weighted by atomic mass is 10.4. The molecule has 0 rings (SSSR count). The van der Waals surface area contributed by atoms with Crippen LogP contribution in [0.25, 0.3) is 0 Å². The van der Waals surface area contributed by atoms with E-state index >= 15 is 0 Å². The normalized spacial score (nSPS) is 11.3. The van der Waals surface area contributed by atoms with Crippen molar-refractivity contribution in [3.05, 3.63) is 0 Å². The van der Waals surface area contributed by atoms with Crippen molar-refractivity contribution in [2.75, 3.05) is 13.7 Å². The third-order valence-corrected chi connectivity index (χ3v) is 1.07. The molecule has 0 heterocycles. The monoisotopic (exact) mass is 161 g/mol. The molecule has 1 N–H and O–H groups in total. The van der Waals surface area contributed by atoms with Gasteiger partial charge in [0.2, 0.25) is 0 Å². The molecule has 0 aromatic heterocycles. The number of alkyl halides is 1. The van der Waals surface area contributed by atoms with Gasteiger partial charge in [-0.3, -0.25) is 0 Å². The van der Waals surface area contributed by atoms with Crippen LogP contribution < -0.4 is 5.32 Å². The maximum atomic E-state index is 10.4. The van der Waals surface area contributed by atoms with E-state index in [4.69, 9.17) is 18.0 Å². The molecule has 0 spiro atoms. The molecule has 0 aromatic carbocycles. The molecule has 1 unspecified atom stereocenters. The maximum Gasteiger partial charge on any atom is 0.406 e. The van der Waals surface area contributed by atoms with Gasteiger partial charge in [-0.25, -0.2) is 4.79 Å². The Morgan fingerprint density at radius 3 is 3.00 bits per heavy atom. The minimum Gasteiger partial charge on any atom is -0.453 e. The third kappa shape index (κ3) is 4.04. The number of carbonyl (C=O) groups is 1. The van der Waals surface area contributed by atoms with E-state index < -0.39 is 11.5 Å². The predicted molar refractivity (Wildman–Crippen MR) is 38.9 cm³/mol. The van der Waals surface area contributed by atoms with E-state index in [1.807, 2.05) is 0 Å². The fraction of sp³-hybridized carbons (Fsp3) is 0.500. The second-order valence-corrected chi connectivity index (χ2v) is 2.03. The highest BCUT2D eigenvalue weighted by Crippen LogP contribution is 1.89. The molecule has 56 valence electrons. The smallest absolute Gasteiger partial charge is 0.406 e. The van der Waals surface area contributed by atoms with Gasteiger partial charge in [0, 0.05) is 6.54 Å². The van der Waals surface area contributed by atoms with Crippen LogP contribution in [0.4, 0.5) is 4.79 Å². The number of methoxy groups -OCH3 is 1. The Balaban J connectivity index is 3.37. The number of rotatable bonds is 2. The summed E-state index contributed by atoms with van der Waals surface area (Å²) in [6.45, 7) is 0.227. The number of terminal acetylenes is 1. The van der Waals surface area contributed by atoms with Gasteiger partial charge < -0.3 is 10.1 Å². The van der Waals surface area contributed by atoms with Crippen LogP contribution in [0.5, 0.6) is 0 Å². The summed E-state index contributed by atoms with van der Waals surface area (Å²) < 4.78 is 4.27.